The van der Waals surface area contributed by atoms with E-state index in [1.807, 2.05) is 43.3 Å². The largest absolute Gasteiger partial charge is 0.507 e. The van der Waals surface area contributed by atoms with Gasteiger partial charge in [-0.1, -0.05) is 29.8 Å². The fourth-order valence-electron chi connectivity index (χ4n) is 4.59. The number of hydrogen-bond donors (Lipinski definition) is 1. The molecule has 1 fully saturated rings. The molecule has 3 aromatic carbocycles. The topological polar surface area (TPSA) is 76.1 Å². The van der Waals surface area contributed by atoms with Crippen LogP contribution in [0.3, 0.4) is 0 Å². The van der Waals surface area contributed by atoms with Crippen LogP contribution < -0.4 is 14.4 Å². The summed E-state index contributed by atoms with van der Waals surface area (Å²) in [6.45, 7) is 2.62. The van der Waals surface area contributed by atoms with Crippen LogP contribution in [-0.4, -0.2) is 30.5 Å². The number of aryl methyl sites for hydroxylation is 2. The number of methoxy groups -OCH3 is 1. The highest BCUT2D eigenvalue weighted by Crippen LogP contribution is 2.43. The molecule has 0 saturated carbocycles. The monoisotopic (exact) mass is 455 g/mol. The number of aliphatic hydroxyl groups excluding tert-OH is 1. The standard InChI is InChI=1S/C28H25NO5/c1-17-8-11-21(12-9-17)29-25(19-5-3-7-22(16-19)33-2)24(27(31)28(29)32)26(30)20-10-13-23-18(15-20)6-4-14-34-23/h3,5,7-13,15-16,25,30H,4,6,14H2,1-2H3/b26-24-. The predicted molar refractivity (Wildman–Crippen MR) is 129 cm³/mol. The molecule has 2 aliphatic heterocycles. The van der Waals surface area contributed by atoms with E-state index in [4.69, 9.17) is 9.47 Å². The maximum absolute atomic E-state index is 13.3. The number of ketones is 1. The Bertz CT molecular complexity index is 1310. The van der Waals surface area contributed by atoms with Crippen molar-refractivity contribution >= 4 is 23.1 Å². The van der Waals surface area contributed by atoms with Crippen molar-refractivity contribution in [3.63, 3.8) is 0 Å². The number of fused-ring (bicyclic) bond motifs is 1. The van der Waals surface area contributed by atoms with Crippen LogP contribution in [0.15, 0.2) is 72.3 Å². The first-order valence-electron chi connectivity index (χ1n) is 11.3. The third-order valence-electron chi connectivity index (χ3n) is 6.35. The summed E-state index contributed by atoms with van der Waals surface area (Å²) in [6, 6.07) is 19.2. The summed E-state index contributed by atoms with van der Waals surface area (Å²) < 4.78 is 11.1. The molecular weight excluding hydrogens is 430 g/mol. The molecule has 3 aromatic rings. The lowest BCUT2D eigenvalue weighted by molar-refractivity contribution is -0.132. The van der Waals surface area contributed by atoms with Gasteiger partial charge in [0.15, 0.2) is 0 Å². The highest BCUT2D eigenvalue weighted by molar-refractivity contribution is 6.51. The summed E-state index contributed by atoms with van der Waals surface area (Å²) in [6.07, 6.45) is 1.71. The van der Waals surface area contributed by atoms with Crippen LogP contribution in [0.1, 0.15) is 34.7 Å². The molecule has 1 atom stereocenters. The lowest BCUT2D eigenvalue weighted by Crippen LogP contribution is -2.29. The van der Waals surface area contributed by atoms with E-state index < -0.39 is 17.7 Å². The number of benzene rings is 3. The molecule has 6 nitrogen and oxygen atoms in total. The smallest absolute Gasteiger partial charge is 0.300 e. The quantitative estimate of drug-likeness (QED) is 0.342. The second kappa shape index (κ2) is 8.71. The third kappa shape index (κ3) is 3.71. The van der Waals surface area contributed by atoms with Crippen molar-refractivity contribution < 1.29 is 24.2 Å². The van der Waals surface area contributed by atoms with E-state index in [2.05, 4.69) is 0 Å². The van der Waals surface area contributed by atoms with Crippen molar-refractivity contribution in [2.24, 2.45) is 0 Å². The van der Waals surface area contributed by atoms with Crippen LogP contribution in [0.5, 0.6) is 11.5 Å². The van der Waals surface area contributed by atoms with Gasteiger partial charge in [0.25, 0.3) is 11.7 Å². The zero-order valence-corrected chi connectivity index (χ0v) is 19.1. The molecule has 5 rings (SSSR count). The van der Waals surface area contributed by atoms with Gasteiger partial charge in [0.1, 0.15) is 17.3 Å². The molecule has 0 aromatic heterocycles. The Hall–Kier alpha value is -4.06. The zero-order valence-electron chi connectivity index (χ0n) is 19.1. The van der Waals surface area contributed by atoms with Gasteiger partial charge in [-0.3, -0.25) is 14.5 Å². The SMILES string of the molecule is COc1cccc(C2/C(=C(/O)c3ccc4c(c3)CCCO4)C(=O)C(=O)N2c2ccc(C)cc2)c1. The molecule has 1 amide bonds. The van der Waals surface area contributed by atoms with E-state index in [-0.39, 0.29) is 11.3 Å². The van der Waals surface area contributed by atoms with Crippen LogP contribution in [0.2, 0.25) is 0 Å². The van der Waals surface area contributed by atoms with Crippen molar-refractivity contribution in [3.8, 4) is 11.5 Å². The zero-order chi connectivity index (χ0) is 23.8. The predicted octanol–water partition coefficient (Wildman–Crippen LogP) is 4.95. The molecule has 2 aliphatic rings. The lowest BCUT2D eigenvalue weighted by Gasteiger charge is -2.26. The van der Waals surface area contributed by atoms with Crippen LogP contribution in [0, 0.1) is 6.92 Å². The molecule has 34 heavy (non-hydrogen) atoms. The Morgan fingerprint density at radius 3 is 2.62 bits per heavy atom. The number of hydrogen-bond acceptors (Lipinski definition) is 5. The van der Waals surface area contributed by atoms with Gasteiger partial charge in [0.2, 0.25) is 0 Å². The van der Waals surface area contributed by atoms with Crippen molar-refractivity contribution in [2.45, 2.75) is 25.8 Å². The van der Waals surface area contributed by atoms with Gasteiger partial charge in [-0.25, -0.2) is 0 Å². The Labute approximate surface area is 198 Å². The van der Waals surface area contributed by atoms with Crippen molar-refractivity contribution in [1.82, 2.24) is 0 Å². The van der Waals surface area contributed by atoms with Crippen LogP contribution in [0.4, 0.5) is 5.69 Å². The number of rotatable bonds is 4. The summed E-state index contributed by atoms with van der Waals surface area (Å²) in [5.41, 5.74) is 3.80. The minimum Gasteiger partial charge on any atom is -0.507 e. The fraction of sp³-hybridized carbons (Fsp3) is 0.214. The van der Waals surface area contributed by atoms with E-state index >= 15 is 0 Å². The van der Waals surface area contributed by atoms with Crippen molar-refractivity contribution in [1.29, 1.82) is 0 Å². The average Bonchev–Trinajstić information content (AvgIpc) is 3.14. The number of carbonyl (C=O) groups is 2. The number of carbonyl (C=O) groups excluding carboxylic acids is 2. The molecule has 1 unspecified atom stereocenters. The number of amides is 1. The molecule has 0 radical (unpaired) electrons. The maximum atomic E-state index is 13.3. The van der Waals surface area contributed by atoms with Crippen LogP contribution in [-0.2, 0) is 16.0 Å². The normalized spacial score (nSPS) is 19.0. The summed E-state index contributed by atoms with van der Waals surface area (Å²) in [5.74, 6) is -0.223. The second-order valence-corrected chi connectivity index (χ2v) is 8.56. The number of ether oxygens (including phenoxy) is 2. The summed E-state index contributed by atoms with van der Waals surface area (Å²) in [7, 11) is 1.56. The minimum absolute atomic E-state index is 0.0514. The maximum Gasteiger partial charge on any atom is 0.300 e. The van der Waals surface area contributed by atoms with Gasteiger partial charge >= 0.3 is 0 Å². The number of anilines is 1. The molecule has 1 saturated heterocycles. The molecule has 0 spiro atoms. The highest BCUT2D eigenvalue weighted by atomic mass is 16.5. The molecular formula is C28H25NO5. The van der Waals surface area contributed by atoms with E-state index in [0.29, 0.717) is 29.2 Å². The third-order valence-corrected chi connectivity index (χ3v) is 6.35. The molecule has 0 bridgehead atoms. The Morgan fingerprint density at radius 2 is 1.85 bits per heavy atom. The van der Waals surface area contributed by atoms with Gasteiger partial charge in [0.05, 0.1) is 25.3 Å². The van der Waals surface area contributed by atoms with Gasteiger partial charge in [0, 0.05) is 11.3 Å². The molecule has 6 heteroatoms. The molecule has 172 valence electrons. The number of aliphatic hydroxyl groups is 1. The highest BCUT2D eigenvalue weighted by Gasteiger charge is 2.47. The van der Waals surface area contributed by atoms with Crippen molar-refractivity contribution in [2.75, 3.05) is 18.6 Å². The number of nitrogens with zero attached hydrogens (tertiary/aromatic N) is 1. The van der Waals surface area contributed by atoms with E-state index in [9.17, 15) is 14.7 Å². The van der Waals surface area contributed by atoms with Crippen molar-refractivity contribution in [3.05, 3.63) is 94.6 Å². The first-order valence-corrected chi connectivity index (χ1v) is 11.3. The molecule has 1 N–H and O–H groups in total. The number of Topliss-reactive ketones (excluding diaryl/α,β-unsaturated/α-hetero) is 1. The summed E-state index contributed by atoms with van der Waals surface area (Å²) in [5, 5.41) is 11.4. The molecule has 0 aliphatic carbocycles. The summed E-state index contributed by atoms with van der Waals surface area (Å²) >= 11 is 0. The van der Waals surface area contributed by atoms with Gasteiger partial charge < -0.3 is 14.6 Å². The van der Waals surface area contributed by atoms with Crippen LogP contribution in [0.25, 0.3) is 5.76 Å². The van der Waals surface area contributed by atoms with Gasteiger partial charge in [-0.2, -0.15) is 0 Å². The van der Waals surface area contributed by atoms with Gasteiger partial charge in [-0.15, -0.1) is 0 Å². The van der Waals surface area contributed by atoms with E-state index in [0.717, 1.165) is 29.7 Å². The Kier molecular flexibility index (Phi) is 5.57. The van der Waals surface area contributed by atoms with Crippen LogP contribution >= 0.6 is 0 Å². The first-order chi connectivity index (χ1) is 16.5. The summed E-state index contributed by atoms with van der Waals surface area (Å²) in [4.78, 5) is 28.1. The minimum atomic E-state index is -0.801. The first kappa shape index (κ1) is 21.8. The van der Waals surface area contributed by atoms with E-state index in [1.54, 1.807) is 37.4 Å². The Morgan fingerprint density at radius 1 is 1.06 bits per heavy atom. The average molecular weight is 456 g/mol. The van der Waals surface area contributed by atoms with E-state index in [1.165, 1.54) is 4.90 Å². The van der Waals surface area contributed by atoms with Gasteiger partial charge in [-0.05, 0) is 73.4 Å². The molecule has 2 heterocycles. The fourth-order valence-corrected chi connectivity index (χ4v) is 4.59. The second-order valence-electron chi connectivity index (χ2n) is 8.56. The Balaban J connectivity index is 1.70. The lowest BCUT2D eigenvalue weighted by atomic mass is 9.93.